The third kappa shape index (κ3) is 3.50. The van der Waals surface area contributed by atoms with E-state index in [-0.39, 0.29) is 17.6 Å². The number of amides is 1. The average molecular weight is 350 g/mol. The largest absolute Gasteiger partial charge is 0.341 e. The third-order valence-electron chi connectivity index (χ3n) is 5.35. The number of nitrogens with zero attached hydrogens (tertiary/aromatic N) is 2. The van der Waals surface area contributed by atoms with Gasteiger partial charge in [0.25, 0.3) is 0 Å². The average Bonchev–Trinajstić information content (AvgIpc) is 2.89. The Morgan fingerprint density at radius 2 is 1.85 bits per heavy atom. The van der Waals surface area contributed by atoms with Gasteiger partial charge in [0.05, 0.1) is 0 Å². The molecule has 0 radical (unpaired) electrons. The highest BCUT2D eigenvalue weighted by molar-refractivity contribution is 5.83. The fourth-order valence-electron chi connectivity index (χ4n) is 3.90. The van der Waals surface area contributed by atoms with E-state index in [2.05, 4.69) is 6.07 Å². The summed E-state index contributed by atoms with van der Waals surface area (Å²) in [6.07, 6.45) is 5.15. The number of aromatic nitrogens is 1. The van der Waals surface area contributed by atoms with Crippen LogP contribution < -0.4 is 0 Å². The van der Waals surface area contributed by atoms with E-state index in [1.54, 1.807) is 0 Å². The van der Waals surface area contributed by atoms with Gasteiger partial charge in [0.1, 0.15) is 12.4 Å². The molecule has 0 saturated carbocycles. The zero-order valence-corrected chi connectivity index (χ0v) is 14.8. The van der Waals surface area contributed by atoms with Gasteiger partial charge < -0.3 is 9.47 Å². The lowest BCUT2D eigenvalue weighted by Crippen LogP contribution is -2.36. The standard InChI is InChI=1S/C22H23FN2O/c23-20-10-8-17(9-11-20)19-6-3-4-13-25(15-19)22(26)16-24-14-12-18-5-1-2-7-21(18)24/h1-2,5,7-12,14,19H,3-4,6,13,15-16H2. The minimum absolute atomic E-state index is 0.153. The summed E-state index contributed by atoms with van der Waals surface area (Å²) in [5.74, 6) is 0.221. The summed E-state index contributed by atoms with van der Waals surface area (Å²) < 4.78 is 15.2. The molecule has 1 amide bonds. The molecule has 3 aromatic rings. The van der Waals surface area contributed by atoms with Gasteiger partial charge in [-0.05, 0) is 48.1 Å². The highest BCUT2D eigenvalue weighted by atomic mass is 19.1. The SMILES string of the molecule is O=C(Cn1ccc2ccccc21)N1CCCCC(c2ccc(F)cc2)C1. The molecule has 4 rings (SSSR count). The van der Waals surface area contributed by atoms with Crippen molar-refractivity contribution in [2.24, 2.45) is 0 Å². The molecule has 2 aromatic carbocycles. The molecule has 2 heterocycles. The van der Waals surface area contributed by atoms with Crippen molar-refractivity contribution in [3.63, 3.8) is 0 Å². The molecular formula is C22H23FN2O. The van der Waals surface area contributed by atoms with E-state index in [1.165, 1.54) is 12.1 Å². The summed E-state index contributed by atoms with van der Waals surface area (Å²) in [4.78, 5) is 14.9. The van der Waals surface area contributed by atoms with E-state index in [1.807, 2.05) is 52.1 Å². The van der Waals surface area contributed by atoms with Gasteiger partial charge in [-0.15, -0.1) is 0 Å². The molecule has 0 spiro atoms. The van der Waals surface area contributed by atoms with Gasteiger partial charge in [0, 0.05) is 30.7 Å². The van der Waals surface area contributed by atoms with Gasteiger partial charge >= 0.3 is 0 Å². The fraction of sp³-hybridized carbons (Fsp3) is 0.318. The lowest BCUT2D eigenvalue weighted by Gasteiger charge is -2.25. The van der Waals surface area contributed by atoms with Crippen LogP contribution in [-0.4, -0.2) is 28.5 Å². The molecule has 1 saturated heterocycles. The second-order valence-electron chi connectivity index (χ2n) is 7.09. The van der Waals surface area contributed by atoms with Gasteiger partial charge in [-0.2, -0.15) is 0 Å². The first-order valence-electron chi connectivity index (χ1n) is 9.28. The molecule has 0 aliphatic carbocycles. The summed E-state index contributed by atoms with van der Waals surface area (Å²) in [6, 6.07) is 16.9. The number of rotatable bonds is 3. The number of carbonyl (C=O) groups is 1. The predicted molar refractivity (Wildman–Crippen MR) is 102 cm³/mol. The van der Waals surface area contributed by atoms with Crippen LogP contribution in [0.5, 0.6) is 0 Å². The summed E-state index contributed by atoms with van der Waals surface area (Å²) in [5, 5.41) is 1.15. The summed E-state index contributed by atoms with van der Waals surface area (Å²) in [7, 11) is 0. The summed E-state index contributed by atoms with van der Waals surface area (Å²) in [6.45, 7) is 1.88. The first-order chi connectivity index (χ1) is 12.7. The number of likely N-dealkylation sites (tertiary alicyclic amines) is 1. The Morgan fingerprint density at radius 1 is 1.04 bits per heavy atom. The molecule has 1 aliphatic rings. The maximum atomic E-state index is 13.2. The van der Waals surface area contributed by atoms with E-state index >= 15 is 0 Å². The van der Waals surface area contributed by atoms with Crippen LogP contribution in [0.4, 0.5) is 4.39 Å². The molecular weight excluding hydrogens is 327 g/mol. The molecule has 1 fully saturated rings. The van der Waals surface area contributed by atoms with Crippen molar-refractivity contribution in [2.45, 2.75) is 31.7 Å². The number of carbonyl (C=O) groups excluding carboxylic acids is 1. The van der Waals surface area contributed by atoms with Crippen molar-refractivity contribution < 1.29 is 9.18 Å². The van der Waals surface area contributed by atoms with Crippen molar-refractivity contribution in [1.82, 2.24) is 9.47 Å². The van der Waals surface area contributed by atoms with Crippen molar-refractivity contribution in [3.05, 3.63) is 72.2 Å². The zero-order chi connectivity index (χ0) is 17.9. The quantitative estimate of drug-likeness (QED) is 0.679. The van der Waals surface area contributed by atoms with Crippen molar-refractivity contribution in [2.75, 3.05) is 13.1 Å². The van der Waals surface area contributed by atoms with E-state index in [9.17, 15) is 9.18 Å². The Hall–Kier alpha value is -2.62. The van der Waals surface area contributed by atoms with Gasteiger partial charge in [0.2, 0.25) is 5.91 Å². The molecule has 26 heavy (non-hydrogen) atoms. The van der Waals surface area contributed by atoms with E-state index < -0.39 is 0 Å². The molecule has 134 valence electrons. The van der Waals surface area contributed by atoms with Crippen molar-refractivity contribution in [3.8, 4) is 0 Å². The molecule has 1 unspecified atom stereocenters. The molecule has 1 aliphatic heterocycles. The van der Waals surface area contributed by atoms with Crippen LogP contribution in [0.25, 0.3) is 10.9 Å². The van der Waals surface area contributed by atoms with E-state index in [0.717, 1.165) is 42.3 Å². The smallest absolute Gasteiger partial charge is 0.242 e. The van der Waals surface area contributed by atoms with Gasteiger partial charge in [-0.1, -0.05) is 36.8 Å². The number of para-hydroxylation sites is 1. The van der Waals surface area contributed by atoms with Gasteiger partial charge in [-0.3, -0.25) is 4.79 Å². The highest BCUT2D eigenvalue weighted by Gasteiger charge is 2.23. The molecule has 4 heteroatoms. The fourth-order valence-corrected chi connectivity index (χ4v) is 3.90. The predicted octanol–water partition coefficient (Wildman–Crippen LogP) is 4.58. The number of fused-ring (bicyclic) bond motifs is 1. The van der Waals surface area contributed by atoms with Crippen LogP contribution >= 0.6 is 0 Å². The second-order valence-corrected chi connectivity index (χ2v) is 7.09. The van der Waals surface area contributed by atoms with Crippen LogP contribution in [0.2, 0.25) is 0 Å². The zero-order valence-electron chi connectivity index (χ0n) is 14.8. The van der Waals surface area contributed by atoms with Gasteiger partial charge in [0.15, 0.2) is 0 Å². The van der Waals surface area contributed by atoms with Crippen molar-refractivity contribution >= 4 is 16.8 Å². The van der Waals surface area contributed by atoms with Crippen LogP contribution in [-0.2, 0) is 11.3 Å². The lowest BCUT2D eigenvalue weighted by molar-refractivity contribution is -0.131. The molecule has 0 bridgehead atoms. The highest BCUT2D eigenvalue weighted by Crippen LogP contribution is 2.27. The van der Waals surface area contributed by atoms with Crippen LogP contribution in [0, 0.1) is 5.82 Å². The molecule has 3 nitrogen and oxygen atoms in total. The van der Waals surface area contributed by atoms with Crippen LogP contribution in [0.3, 0.4) is 0 Å². The topological polar surface area (TPSA) is 25.2 Å². The lowest BCUT2D eigenvalue weighted by atomic mass is 9.94. The normalized spacial score (nSPS) is 18.0. The Morgan fingerprint density at radius 3 is 2.69 bits per heavy atom. The summed E-state index contributed by atoms with van der Waals surface area (Å²) in [5.41, 5.74) is 2.21. The Kier molecular flexibility index (Phi) is 4.74. The Bertz CT molecular complexity index is 900. The van der Waals surface area contributed by atoms with Crippen LogP contribution in [0.1, 0.15) is 30.7 Å². The second kappa shape index (κ2) is 7.32. The van der Waals surface area contributed by atoms with E-state index in [0.29, 0.717) is 13.1 Å². The minimum Gasteiger partial charge on any atom is -0.341 e. The number of hydrogen-bond acceptors (Lipinski definition) is 1. The van der Waals surface area contributed by atoms with E-state index in [4.69, 9.17) is 0 Å². The maximum Gasteiger partial charge on any atom is 0.242 e. The molecule has 1 aromatic heterocycles. The number of benzene rings is 2. The Balaban J connectivity index is 1.50. The number of hydrogen-bond donors (Lipinski definition) is 0. The van der Waals surface area contributed by atoms with Crippen molar-refractivity contribution in [1.29, 1.82) is 0 Å². The van der Waals surface area contributed by atoms with Crippen LogP contribution in [0.15, 0.2) is 60.8 Å². The first-order valence-corrected chi connectivity index (χ1v) is 9.28. The summed E-state index contributed by atoms with van der Waals surface area (Å²) >= 11 is 0. The number of halogens is 1. The Labute approximate surface area is 153 Å². The minimum atomic E-state index is -0.213. The molecule has 0 N–H and O–H groups in total. The third-order valence-corrected chi connectivity index (χ3v) is 5.35. The first kappa shape index (κ1) is 16.8. The molecule has 1 atom stereocenters. The maximum absolute atomic E-state index is 13.2. The monoisotopic (exact) mass is 350 g/mol. The van der Waals surface area contributed by atoms with Gasteiger partial charge in [-0.25, -0.2) is 4.39 Å².